The van der Waals surface area contributed by atoms with Gasteiger partial charge in [0.25, 0.3) is 11.7 Å². The van der Waals surface area contributed by atoms with Gasteiger partial charge < -0.3 is 9.73 Å². The molecule has 0 bridgehead atoms. The number of nitrogens with one attached hydrogen (secondary N) is 1. The Labute approximate surface area is 149 Å². The molecule has 0 unspecified atom stereocenters. The van der Waals surface area contributed by atoms with E-state index < -0.39 is 5.91 Å². The third kappa shape index (κ3) is 2.79. The topological polar surface area (TPSA) is 98.2 Å². The predicted octanol–water partition coefficient (Wildman–Crippen LogP) is 3.26. The van der Waals surface area contributed by atoms with Gasteiger partial charge in [-0.15, -0.1) is 5.10 Å². The minimum Gasteiger partial charge on any atom is -0.440 e. The lowest BCUT2D eigenvalue weighted by Crippen LogP contribution is -2.14. The highest BCUT2D eigenvalue weighted by atomic mass is 16.3. The number of carbonyl (C=O) groups is 1. The number of hydrogen-bond acceptors (Lipinski definition) is 6. The summed E-state index contributed by atoms with van der Waals surface area (Å²) in [5, 5.41) is 7.03. The number of benzene rings is 1. The van der Waals surface area contributed by atoms with Crippen molar-refractivity contribution in [2.45, 2.75) is 33.6 Å². The smallest absolute Gasteiger partial charge is 0.295 e. The molecule has 0 aliphatic rings. The van der Waals surface area contributed by atoms with Gasteiger partial charge in [-0.1, -0.05) is 13.8 Å². The number of hydrogen-bond donors (Lipinski definition) is 1. The Morgan fingerprint density at radius 2 is 1.96 bits per heavy atom. The van der Waals surface area contributed by atoms with Crippen molar-refractivity contribution in [2.24, 2.45) is 0 Å². The molecule has 8 heteroatoms. The number of rotatable bonds is 3. The number of aromatic nitrogens is 5. The molecule has 1 aromatic carbocycles. The van der Waals surface area contributed by atoms with Crippen LogP contribution in [0.15, 0.2) is 28.7 Å². The van der Waals surface area contributed by atoms with Crippen LogP contribution >= 0.6 is 0 Å². The van der Waals surface area contributed by atoms with E-state index in [4.69, 9.17) is 4.42 Å². The second kappa shape index (κ2) is 5.91. The van der Waals surface area contributed by atoms with Gasteiger partial charge in [-0.3, -0.25) is 4.79 Å². The molecule has 132 valence electrons. The second-order valence-electron chi connectivity index (χ2n) is 6.53. The average molecular weight is 350 g/mol. The fraction of sp³-hybridized carbons (Fsp3) is 0.278. The van der Waals surface area contributed by atoms with Gasteiger partial charge in [0, 0.05) is 23.0 Å². The number of nitrogens with zero attached hydrogens (tertiary/aromatic N) is 5. The molecule has 1 N–H and O–H groups in total. The van der Waals surface area contributed by atoms with E-state index in [1.54, 1.807) is 22.7 Å². The predicted molar refractivity (Wildman–Crippen MR) is 96.3 cm³/mol. The first-order valence-electron chi connectivity index (χ1n) is 8.33. The highest BCUT2D eigenvalue weighted by Crippen LogP contribution is 2.24. The van der Waals surface area contributed by atoms with Crippen LogP contribution in [0.1, 0.15) is 47.7 Å². The zero-order valence-electron chi connectivity index (χ0n) is 14.9. The Balaban J connectivity index is 1.63. The van der Waals surface area contributed by atoms with Crippen molar-refractivity contribution in [1.82, 2.24) is 24.6 Å². The molecule has 4 rings (SSSR count). The first-order valence-corrected chi connectivity index (χ1v) is 8.33. The monoisotopic (exact) mass is 350 g/mol. The van der Waals surface area contributed by atoms with Gasteiger partial charge in [-0.25, -0.2) is 14.5 Å². The van der Waals surface area contributed by atoms with Crippen molar-refractivity contribution >= 4 is 28.5 Å². The van der Waals surface area contributed by atoms with Crippen LogP contribution in [0.2, 0.25) is 0 Å². The minimum absolute atomic E-state index is 0.0642. The van der Waals surface area contributed by atoms with Crippen LogP contribution in [0, 0.1) is 13.8 Å². The van der Waals surface area contributed by atoms with Crippen LogP contribution in [-0.2, 0) is 0 Å². The Hall–Kier alpha value is -3.29. The molecular formula is C18H18N6O2. The molecule has 0 fully saturated rings. The first kappa shape index (κ1) is 16.2. The molecule has 0 aliphatic carbocycles. The molecule has 0 atom stereocenters. The molecule has 0 radical (unpaired) electrons. The summed E-state index contributed by atoms with van der Waals surface area (Å²) in [6.07, 6.45) is 0. The summed E-state index contributed by atoms with van der Waals surface area (Å²) in [6, 6.07) is 7.20. The summed E-state index contributed by atoms with van der Waals surface area (Å²) >= 11 is 0. The number of aryl methyl sites for hydroxylation is 2. The fourth-order valence-electron chi connectivity index (χ4n) is 2.72. The summed E-state index contributed by atoms with van der Waals surface area (Å²) in [5.41, 5.74) is 3.68. The Morgan fingerprint density at radius 1 is 1.15 bits per heavy atom. The van der Waals surface area contributed by atoms with E-state index in [9.17, 15) is 4.79 Å². The average Bonchev–Trinajstić information content (AvgIpc) is 3.18. The van der Waals surface area contributed by atoms with E-state index in [-0.39, 0.29) is 11.7 Å². The number of fused-ring (bicyclic) bond motifs is 2. The van der Waals surface area contributed by atoms with Crippen LogP contribution in [0.5, 0.6) is 0 Å². The van der Waals surface area contributed by atoms with Crippen molar-refractivity contribution < 1.29 is 9.21 Å². The molecule has 1 amide bonds. The summed E-state index contributed by atoms with van der Waals surface area (Å²) in [7, 11) is 0. The van der Waals surface area contributed by atoms with Crippen LogP contribution in [0.3, 0.4) is 0 Å². The highest BCUT2D eigenvalue weighted by molar-refractivity contribution is 6.02. The molecular weight excluding hydrogens is 332 g/mol. The van der Waals surface area contributed by atoms with Crippen molar-refractivity contribution in [3.63, 3.8) is 0 Å². The third-order valence-corrected chi connectivity index (χ3v) is 3.98. The van der Waals surface area contributed by atoms with Crippen LogP contribution in [0.4, 0.5) is 5.69 Å². The highest BCUT2D eigenvalue weighted by Gasteiger charge is 2.16. The molecule has 3 aromatic heterocycles. The van der Waals surface area contributed by atoms with Crippen molar-refractivity contribution in [3.05, 3.63) is 47.4 Å². The fourth-order valence-corrected chi connectivity index (χ4v) is 2.72. The number of anilines is 1. The summed E-state index contributed by atoms with van der Waals surface area (Å²) in [4.78, 5) is 25.5. The van der Waals surface area contributed by atoms with Gasteiger partial charge in [0.15, 0.2) is 11.5 Å². The lowest BCUT2D eigenvalue weighted by atomic mass is 10.2. The van der Waals surface area contributed by atoms with Gasteiger partial charge in [0.05, 0.1) is 0 Å². The van der Waals surface area contributed by atoms with Crippen LogP contribution in [-0.4, -0.2) is 30.5 Å². The van der Waals surface area contributed by atoms with E-state index in [1.165, 1.54) is 0 Å². The lowest BCUT2D eigenvalue weighted by molar-refractivity contribution is 0.101. The normalized spacial score (nSPS) is 11.6. The van der Waals surface area contributed by atoms with E-state index in [0.717, 1.165) is 11.4 Å². The molecule has 4 aromatic rings. The lowest BCUT2D eigenvalue weighted by Gasteiger charge is -2.01. The van der Waals surface area contributed by atoms with Crippen LogP contribution < -0.4 is 5.32 Å². The summed E-state index contributed by atoms with van der Waals surface area (Å²) in [5.74, 6) is 0.930. The van der Waals surface area contributed by atoms with E-state index >= 15 is 0 Å². The third-order valence-electron chi connectivity index (χ3n) is 3.98. The van der Waals surface area contributed by atoms with Gasteiger partial charge in [-0.2, -0.15) is 4.98 Å². The van der Waals surface area contributed by atoms with E-state index in [1.807, 2.05) is 33.8 Å². The van der Waals surface area contributed by atoms with Crippen LogP contribution in [0.25, 0.3) is 16.9 Å². The summed E-state index contributed by atoms with van der Waals surface area (Å²) < 4.78 is 7.23. The molecule has 0 saturated heterocycles. The zero-order valence-corrected chi connectivity index (χ0v) is 14.9. The molecule has 8 nitrogen and oxygen atoms in total. The molecule has 0 aliphatic heterocycles. The minimum atomic E-state index is -0.403. The molecule has 0 saturated carbocycles. The maximum atomic E-state index is 12.5. The number of carbonyl (C=O) groups excluding carboxylic acids is 1. The standard InChI is InChI=1S/C18H18N6O2/c1-9(2)17-21-13-8-12(5-6-14(13)26-17)20-16(25)15-22-18-19-10(3)7-11(4)24(18)23-15/h5-9H,1-4H3,(H,20,25). The van der Waals surface area contributed by atoms with Gasteiger partial charge in [0.1, 0.15) is 5.52 Å². The Morgan fingerprint density at radius 3 is 2.73 bits per heavy atom. The van der Waals surface area contributed by atoms with E-state index in [2.05, 4.69) is 25.4 Å². The Kier molecular flexibility index (Phi) is 3.68. The van der Waals surface area contributed by atoms with Crippen molar-refractivity contribution in [1.29, 1.82) is 0 Å². The van der Waals surface area contributed by atoms with Crippen molar-refractivity contribution in [2.75, 3.05) is 5.32 Å². The Bertz CT molecular complexity index is 1140. The van der Waals surface area contributed by atoms with Gasteiger partial charge >= 0.3 is 0 Å². The SMILES string of the molecule is Cc1cc(C)n2nc(C(=O)Nc3ccc4oc(C(C)C)nc4c3)nc2n1. The number of oxazole rings is 1. The van der Waals surface area contributed by atoms with Gasteiger partial charge in [-0.05, 0) is 38.1 Å². The zero-order chi connectivity index (χ0) is 18.4. The molecule has 0 spiro atoms. The van der Waals surface area contributed by atoms with E-state index in [0.29, 0.717) is 28.5 Å². The maximum Gasteiger partial charge on any atom is 0.295 e. The summed E-state index contributed by atoms with van der Waals surface area (Å²) in [6.45, 7) is 7.79. The van der Waals surface area contributed by atoms with Gasteiger partial charge in [0.2, 0.25) is 5.82 Å². The maximum absolute atomic E-state index is 12.5. The molecule has 3 heterocycles. The molecule has 26 heavy (non-hydrogen) atoms. The second-order valence-corrected chi connectivity index (χ2v) is 6.53. The largest absolute Gasteiger partial charge is 0.440 e. The number of amides is 1. The first-order chi connectivity index (χ1) is 12.4. The quantitative estimate of drug-likeness (QED) is 0.609. The van der Waals surface area contributed by atoms with Crippen molar-refractivity contribution in [3.8, 4) is 0 Å².